The molecule has 2 atom stereocenters. The van der Waals surface area contributed by atoms with Crippen LogP contribution in [0.1, 0.15) is 33.1 Å². The normalized spacial score (nSPS) is 42.9. The topological polar surface area (TPSA) is 43.1 Å². The van der Waals surface area contributed by atoms with Gasteiger partial charge in [0.05, 0.1) is 5.54 Å². The van der Waals surface area contributed by atoms with E-state index in [-0.39, 0.29) is 17.8 Å². The van der Waals surface area contributed by atoms with E-state index in [1.54, 1.807) is 0 Å². The molecule has 0 unspecified atom stereocenters. The summed E-state index contributed by atoms with van der Waals surface area (Å²) in [4.78, 5) is 11.4. The molecule has 2 fully saturated rings. The van der Waals surface area contributed by atoms with Gasteiger partial charge in [-0.15, -0.1) is 12.4 Å². The van der Waals surface area contributed by atoms with Gasteiger partial charge in [0, 0.05) is 6.42 Å². The molecule has 2 N–H and O–H groups in total. The maximum atomic E-state index is 11.4. The van der Waals surface area contributed by atoms with Crippen molar-refractivity contribution < 1.29 is 4.79 Å². The van der Waals surface area contributed by atoms with E-state index in [0.29, 0.717) is 11.7 Å². The third-order valence-electron chi connectivity index (χ3n) is 3.99. The lowest BCUT2D eigenvalue weighted by molar-refractivity contribution is -0.124. The maximum Gasteiger partial charge on any atom is 0.153 e. The first-order valence-corrected chi connectivity index (χ1v) is 4.31. The van der Waals surface area contributed by atoms with Crippen molar-refractivity contribution in [3.63, 3.8) is 0 Å². The summed E-state index contributed by atoms with van der Waals surface area (Å²) >= 11 is 0. The second kappa shape index (κ2) is 2.46. The summed E-state index contributed by atoms with van der Waals surface area (Å²) in [7, 11) is 0. The van der Waals surface area contributed by atoms with Gasteiger partial charge >= 0.3 is 0 Å². The first-order chi connectivity index (χ1) is 4.98. The molecule has 0 aliphatic heterocycles. The van der Waals surface area contributed by atoms with Gasteiger partial charge in [-0.1, -0.05) is 13.8 Å². The number of halogens is 1. The molecule has 0 heterocycles. The zero-order valence-corrected chi connectivity index (χ0v) is 8.41. The molecule has 2 nitrogen and oxygen atoms in total. The Labute approximate surface area is 79.3 Å². The molecule has 0 radical (unpaired) electrons. The molecule has 3 heteroatoms. The molecule has 2 bridgehead atoms. The summed E-state index contributed by atoms with van der Waals surface area (Å²) in [6.07, 6.45) is 2.78. The van der Waals surface area contributed by atoms with E-state index >= 15 is 0 Å². The Morgan fingerprint density at radius 2 is 2.08 bits per heavy atom. The van der Waals surface area contributed by atoms with Crippen molar-refractivity contribution in [2.24, 2.45) is 17.1 Å². The molecular formula is C9H16ClNO. The highest BCUT2D eigenvalue weighted by atomic mass is 35.5. The largest absolute Gasteiger partial charge is 0.319 e. The Kier molecular flexibility index (Phi) is 2.05. The minimum absolute atomic E-state index is 0. The highest BCUT2D eigenvalue weighted by Crippen LogP contribution is 2.56. The predicted octanol–water partition coefficient (Wildman–Crippen LogP) is 1.51. The molecule has 0 aromatic heterocycles. The molecule has 12 heavy (non-hydrogen) atoms. The molecule has 0 aromatic carbocycles. The quantitative estimate of drug-likeness (QED) is 0.628. The fourth-order valence-corrected chi connectivity index (χ4v) is 2.71. The van der Waals surface area contributed by atoms with Gasteiger partial charge < -0.3 is 5.73 Å². The van der Waals surface area contributed by atoms with E-state index in [9.17, 15) is 4.79 Å². The van der Waals surface area contributed by atoms with Gasteiger partial charge in [-0.05, 0) is 24.2 Å². The van der Waals surface area contributed by atoms with E-state index < -0.39 is 5.54 Å². The third-order valence-corrected chi connectivity index (χ3v) is 3.99. The van der Waals surface area contributed by atoms with Crippen LogP contribution in [-0.2, 0) is 4.79 Å². The van der Waals surface area contributed by atoms with Crippen LogP contribution in [0.15, 0.2) is 0 Å². The zero-order chi connectivity index (χ0) is 8.28. The molecule has 2 aliphatic rings. The van der Waals surface area contributed by atoms with Crippen LogP contribution in [-0.4, -0.2) is 11.3 Å². The number of fused-ring (bicyclic) bond motifs is 2. The van der Waals surface area contributed by atoms with Crippen LogP contribution in [0.4, 0.5) is 0 Å². The number of hydrogen-bond donors (Lipinski definition) is 1. The van der Waals surface area contributed by atoms with E-state index in [4.69, 9.17) is 5.73 Å². The number of hydrogen-bond acceptors (Lipinski definition) is 2. The molecule has 70 valence electrons. The third kappa shape index (κ3) is 0.826. The fourth-order valence-electron chi connectivity index (χ4n) is 2.71. The van der Waals surface area contributed by atoms with Crippen LogP contribution in [0, 0.1) is 11.3 Å². The molecule has 2 rings (SSSR count). The van der Waals surface area contributed by atoms with E-state index in [1.165, 1.54) is 0 Å². The molecule has 2 aliphatic carbocycles. The van der Waals surface area contributed by atoms with E-state index in [1.807, 2.05) is 0 Å². The summed E-state index contributed by atoms with van der Waals surface area (Å²) in [6, 6.07) is 0. The van der Waals surface area contributed by atoms with Crippen molar-refractivity contribution in [3.8, 4) is 0 Å². The summed E-state index contributed by atoms with van der Waals surface area (Å²) in [5.41, 5.74) is 5.66. The number of ketones is 1. The number of nitrogens with two attached hydrogens (primary N) is 1. The first kappa shape index (κ1) is 10.0. The number of Topliss-reactive ketones (excluding diaryl/α,β-unsaturated/α-hetero) is 1. The zero-order valence-electron chi connectivity index (χ0n) is 7.59. The lowest BCUT2D eigenvalue weighted by Gasteiger charge is -2.32. The number of carbonyl (C=O) groups excluding carboxylic acids is 1. The van der Waals surface area contributed by atoms with Crippen LogP contribution >= 0.6 is 12.4 Å². The molecule has 2 saturated carbocycles. The first-order valence-electron chi connectivity index (χ1n) is 4.31. The molecule has 0 saturated heterocycles. The Balaban J connectivity index is 0.000000720. The second-order valence-corrected chi connectivity index (χ2v) is 4.56. The minimum atomic E-state index is -0.475. The minimum Gasteiger partial charge on any atom is -0.319 e. The standard InChI is InChI=1S/C9H15NO.ClH/c1-8(2)6-3-4-9(8,10)7(11)5-6;/h6H,3-5,10H2,1-2H3;1H/t6-,9-;/m1./s1. The summed E-state index contributed by atoms with van der Waals surface area (Å²) < 4.78 is 0. The highest BCUT2D eigenvalue weighted by molar-refractivity contribution is 5.93. The van der Waals surface area contributed by atoms with Crippen LogP contribution in [0.3, 0.4) is 0 Å². The Morgan fingerprint density at radius 1 is 1.50 bits per heavy atom. The fraction of sp³-hybridized carbons (Fsp3) is 0.889. The lowest BCUT2D eigenvalue weighted by atomic mass is 9.77. The molecule has 0 spiro atoms. The van der Waals surface area contributed by atoms with Gasteiger partial charge in [0.2, 0.25) is 0 Å². The van der Waals surface area contributed by atoms with Crippen molar-refractivity contribution in [2.75, 3.05) is 0 Å². The van der Waals surface area contributed by atoms with Crippen LogP contribution < -0.4 is 5.73 Å². The molecule has 0 aromatic rings. The van der Waals surface area contributed by atoms with Crippen molar-refractivity contribution >= 4 is 18.2 Å². The van der Waals surface area contributed by atoms with Gasteiger partial charge in [-0.3, -0.25) is 4.79 Å². The van der Waals surface area contributed by atoms with Crippen LogP contribution in [0.2, 0.25) is 0 Å². The van der Waals surface area contributed by atoms with E-state index in [0.717, 1.165) is 19.3 Å². The van der Waals surface area contributed by atoms with E-state index in [2.05, 4.69) is 13.8 Å². The van der Waals surface area contributed by atoms with Crippen LogP contribution in [0.5, 0.6) is 0 Å². The Bertz CT molecular complexity index is 227. The second-order valence-electron chi connectivity index (χ2n) is 4.56. The highest BCUT2D eigenvalue weighted by Gasteiger charge is 2.62. The number of carbonyl (C=O) groups is 1. The summed E-state index contributed by atoms with van der Waals surface area (Å²) in [6.45, 7) is 4.27. The summed E-state index contributed by atoms with van der Waals surface area (Å²) in [5.74, 6) is 0.846. The monoisotopic (exact) mass is 189 g/mol. The average molecular weight is 190 g/mol. The SMILES string of the molecule is CC1(C)[C@@H]2CC[C@@]1(N)C(=O)C2.Cl. The molecular weight excluding hydrogens is 174 g/mol. The Hall–Kier alpha value is -0.0800. The van der Waals surface area contributed by atoms with Gasteiger partial charge in [0.1, 0.15) is 0 Å². The average Bonchev–Trinajstić information content (AvgIpc) is 2.20. The van der Waals surface area contributed by atoms with Gasteiger partial charge in [0.15, 0.2) is 5.78 Å². The smallest absolute Gasteiger partial charge is 0.153 e. The summed E-state index contributed by atoms with van der Waals surface area (Å²) in [5, 5.41) is 0. The van der Waals surface area contributed by atoms with Gasteiger partial charge in [-0.2, -0.15) is 0 Å². The van der Waals surface area contributed by atoms with Crippen molar-refractivity contribution in [3.05, 3.63) is 0 Å². The number of rotatable bonds is 0. The lowest BCUT2D eigenvalue weighted by Crippen LogP contribution is -2.51. The van der Waals surface area contributed by atoms with Crippen molar-refractivity contribution in [1.29, 1.82) is 0 Å². The van der Waals surface area contributed by atoms with Crippen molar-refractivity contribution in [2.45, 2.75) is 38.6 Å². The molecule has 0 amide bonds. The van der Waals surface area contributed by atoms with Gasteiger partial charge in [-0.25, -0.2) is 0 Å². The Morgan fingerprint density at radius 3 is 2.25 bits per heavy atom. The predicted molar refractivity (Wildman–Crippen MR) is 50.3 cm³/mol. The van der Waals surface area contributed by atoms with Crippen molar-refractivity contribution in [1.82, 2.24) is 0 Å². The van der Waals surface area contributed by atoms with Gasteiger partial charge in [0.25, 0.3) is 0 Å². The maximum absolute atomic E-state index is 11.4. The van der Waals surface area contributed by atoms with Crippen LogP contribution in [0.25, 0.3) is 0 Å².